The molecule has 34 heavy (non-hydrogen) atoms. The highest BCUT2D eigenvalue weighted by molar-refractivity contribution is 5.76. The fourth-order valence-corrected chi connectivity index (χ4v) is 6.14. The molecule has 0 saturated heterocycles. The molecule has 0 bridgehead atoms. The molecular formula is C29H36N2O3. The van der Waals surface area contributed by atoms with Crippen LogP contribution >= 0.6 is 0 Å². The molecule has 5 nitrogen and oxygen atoms in total. The lowest BCUT2D eigenvalue weighted by Crippen LogP contribution is -2.26. The summed E-state index contributed by atoms with van der Waals surface area (Å²) < 4.78 is 8.13. The van der Waals surface area contributed by atoms with Gasteiger partial charge in [-0.05, 0) is 72.3 Å². The topological polar surface area (TPSA) is 64.3 Å². The zero-order valence-electron chi connectivity index (χ0n) is 20.8. The molecule has 0 aliphatic heterocycles. The van der Waals surface area contributed by atoms with Crippen molar-refractivity contribution in [2.75, 3.05) is 0 Å². The van der Waals surface area contributed by atoms with E-state index >= 15 is 0 Å². The molecule has 1 unspecified atom stereocenters. The Balaban J connectivity index is 1.34. The standard InChI is InChI=1S/C29H36N2O3/c1-28(2,3)14-21-12-19(7-10-24(21)22-16-30-31(4)17-22)18-34-23-9-8-20-6-5-11-29(25(20)13-23)15-26(29)27(32)33/h7,9-10,12-13,16-17,20,26H,5-6,8,11,14-15,18H2,1-4H3,(H,32,33)/t20?,26-,29-/m0/s1. The molecule has 1 N–H and O–H groups in total. The summed E-state index contributed by atoms with van der Waals surface area (Å²) in [4.78, 5) is 11.7. The number of hydrogen-bond donors (Lipinski definition) is 1. The maximum atomic E-state index is 11.7. The molecular weight excluding hydrogens is 424 g/mol. The first-order valence-corrected chi connectivity index (χ1v) is 12.5. The molecule has 0 amide bonds. The molecule has 1 aromatic heterocycles. The molecule has 3 aliphatic rings. The minimum Gasteiger partial charge on any atom is -0.489 e. The van der Waals surface area contributed by atoms with E-state index in [2.05, 4.69) is 62.4 Å². The maximum Gasteiger partial charge on any atom is 0.307 e. The van der Waals surface area contributed by atoms with Gasteiger partial charge in [-0.3, -0.25) is 9.48 Å². The number of carbonyl (C=O) groups is 1. The second-order valence-electron chi connectivity index (χ2n) is 11.7. The lowest BCUT2D eigenvalue weighted by Gasteiger charge is -2.35. The minimum atomic E-state index is -0.640. The number of ether oxygens (including phenoxy) is 1. The molecule has 2 aromatic rings. The first kappa shape index (κ1) is 22.9. The number of hydrogen-bond acceptors (Lipinski definition) is 3. The molecule has 5 heteroatoms. The number of nitrogens with zero attached hydrogens (tertiary/aromatic N) is 2. The number of carboxylic acid groups (broad SMARTS) is 1. The summed E-state index contributed by atoms with van der Waals surface area (Å²) in [7, 11) is 1.95. The Morgan fingerprint density at radius 3 is 2.82 bits per heavy atom. The summed E-state index contributed by atoms with van der Waals surface area (Å²) in [5.41, 5.74) is 6.23. The highest BCUT2D eigenvalue weighted by Crippen LogP contribution is 2.66. The van der Waals surface area contributed by atoms with Gasteiger partial charge in [0.15, 0.2) is 0 Å². The first-order valence-electron chi connectivity index (χ1n) is 12.5. The summed E-state index contributed by atoms with van der Waals surface area (Å²) in [5, 5.41) is 14.0. The van der Waals surface area contributed by atoms with Crippen molar-refractivity contribution in [2.45, 2.75) is 65.9 Å². The Bertz CT molecular complexity index is 1170. The van der Waals surface area contributed by atoms with Gasteiger partial charge in [0.25, 0.3) is 0 Å². The van der Waals surface area contributed by atoms with Gasteiger partial charge < -0.3 is 9.84 Å². The van der Waals surface area contributed by atoms with Gasteiger partial charge in [-0.25, -0.2) is 0 Å². The van der Waals surface area contributed by atoms with Crippen molar-refractivity contribution < 1.29 is 14.6 Å². The largest absolute Gasteiger partial charge is 0.489 e. The van der Waals surface area contributed by atoms with Crippen molar-refractivity contribution in [3.05, 3.63) is 65.2 Å². The number of benzene rings is 1. The molecule has 5 rings (SSSR count). The summed E-state index contributed by atoms with van der Waals surface area (Å²) in [6.45, 7) is 7.31. The predicted octanol–water partition coefficient (Wildman–Crippen LogP) is 6.30. The van der Waals surface area contributed by atoms with Crippen LogP contribution < -0.4 is 0 Å². The van der Waals surface area contributed by atoms with Crippen LogP contribution in [-0.4, -0.2) is 20.9 Å². The number of aromatic nitrogens is 2. The van der Waals surface area contributed by atoms with Gasteiger partial charge in [-0.15, -0.1) is 0 Å². The average molecular weight is 461 g/mol. The number of fused-ring (bicyclic) bond motifs is 2. The Morgan fingerprint density at radius 2 is 2.15 bits per heavy atom. The van der Waals surface area contributed by atoms with E-state index < -0.39 is 5.97 Å². The SMILES string of the molecule is Cn1cc(-c2ccc(COC3=CCC4CCC[C@]5(C[C@H]5C(=O)O)C4=C3)cc2CC(C)(C)C)cn1. The van der Waals surface area contributed by atoms with Gasteiger partial charge in [0.05, 0.1) is 12.1 Å². The van der Waals surface area contributed by atoms with Crippen molar-refractivity contribution >= 4 is 5.97 Å². The molecule has 1 aromatic carbocycles. The van der Waals surface area contributed by atoms with E-state index in [-0.39, 0.29) is 16.7 Å². The van der Waals surface area contributed by atoms with Crippen molar-refractivity contribution in [3.63, 3.8) is 0 Å². The van der Waals surface area contributed by atoms with Crippen molar-refractivity contribution in [1.82, 2.24) is 9.78 Å². The predicted molar refractivity (Wildman–Crippen MR) is 133 cm³/mol. The van der Waals surface area contributed by atoms with Crippen LogP contribution in [0.2, 0.25) is 0 Å². The van der Waals surface area contributed by atoms with Gasteiger partial charge in [-0.2, -0.15) is 5.10 Å². The Kier molecular flexibility index (Phi) is 5.70. The molecule has 1 heterocycles. The van der Waals surface area contributed by atoms with Gasteiger partial charge in [0, 0.05) is 24.2 Å². The monoisotopic (exact) mass is 460 g/mol. The fourth-order valence-electron chi connectivity index (χ4n) is 6.14. The number of carboxylic acids is 1. The van der Waals surface area contributed by atoms with Crippen molar-refractivity contribution in [1.29, 1.82) is 0 Å². The van der Waals surface area contributed by atoms with E-state index in [0.717, 1.165) is 55.4 Å². The number of aliphatic carboxylic acids is 1. The zero-order valence-corrected chi connectivity index (χ0v) is 20.8. The maximum absolute atomic E-state index is 11.7. The molecule has 3 atom stereocenters. The number of allylic oxidation sites excluding steroid dienone is 3. The van der Waals surface area contributed by atoms with Crippen molar-refractivity contribution in [2.24, 2.45) is 29.7 Å². The zero-order chi connectivity index (χ0) is 24.1. The molecule has 3 aliphatic carbocycles. The molecule has 2 fully saturated rings. The molecule has 1 spiro atoms. The molecule has 2 saturated carbocycles. The smallest absolute Gasteiger partial charge is 0.307 e. The average Bonchev–Trinajstić information content (AvgIpc) is 3.34. The van der Waals surface area contributed by atoms with Crippen LogP contribution in [-0.2, 0) is 29.6 Å². The van der Waals surface area contributed by atoms with E-state index in [1.165, 1.54) is 16.7 Å². The van der Waals surface area contributed by atoms with Crippen LogP contribution in [0.1, 0.15) is 64.0 Å². The van der Waals surface area contributed by atoms with Crippen LogP contribution in [0.25, 0.3) is 11.1 Å². The number of rotatable bonds is 6. The molecule has 180 valence electrons. The fraction of sp³-hybridized carbons (Fsp3) is 0.517. The third kappa shape index (κ3) is 4.45. The van der Waals surface area contributed by atoms with E-state index in [1.807, 2.05) is 17.9 Å². The Labute approximate surface area is 202 Å². The van der Waals surface area contributed by atoms with Gasteiger partial charge in [0.1, 0.15) is 12.4 Å². The lowest BCUT2D eigenvalue weighted by molar-refractivity contribution is -0.139. The third-order valence-electron chi connectivity index (χ3n) is 7.78. The van der Waals surface area contributed by atoms with Crippen LogP contribution in [0.4, 0.5) is 0 Å². The van der Waals surface area contributed by atoms with Crippen molar-refractivity contribution in [3.8, 4) is 11.1 Å². The van der Waals surface area contributed by atoms with E-state index in [9.17, 15) is 9.90 Å². The Hall–Kier alpha value is -2.82. The quantitative estimate of drug-likeness (QED) is 0.550. The van der Waals surface area contributed by atoms with E-state index in [1.54, 1.807) is 0 Å². The summed E-state index contributed by atoms with van der Waals surface area (Å²) in [6.07, 6.45) is 14.4. The van der Waals surface area contributed by atoms with E-state index in [0.29, 0.717) is 12.5 Å². The van der Waals surface area contributed by atoms with E-state index in [4.69, 9.17) is 4.74 Å². The van der Waals surface area contributed by atoms with Crippen LogP contribution in [0.5, 0.6) is 0 Å². The van der Waals surface area contributed by atoms with Crippen LogP contribution in [0, 0.1) is 22.7 Å². The lowest BCUT2D eigenvalue weighted by atomic mass is 9.70. The summed E-state index contributed by atoms with van der Waals surface area (Å²) in [5.74, 6) is 0.541. The highest BCUT2D eigenvalue weighted by atomic mass is 16.5. The first-order chi connectivity index (χ1) is 16.1. The number of aryl methyl sites for hydroxylation is 1. The normalized spacial score (nSPS) is 26.0. The highest BCUT2D eigenvalue weighted by Gasteiger charge is 2.62. The Morgan fingerprint density at radius 1 is 1.32 bits per heavy atom. The van der Waals surface area contributed by atoms with Crippen LogP contribution in [0.3, 0.4) is 0 Å². The van der Waals surface area contributed by atoms with Gasteiger partial charge in [-0.1, -0.05) is 51.0 Å². The third-order valence-corrected chi connectivity index (χ3v) is 7.78. The van der Waals surface area contributed by atoms with Gasteiger partial charge >= 0.3 is 5.97 Å². The van der Waals surface area contributed by atoms with Crippen LogP contribution in [0.15, 0.2) is 54.1 Å². The minimum absolute atomic E-state index is 0.108. The second-order valence-corrected chi connectivity index (χ2v) is 11.7. The second kappa shape index (κ2) is 8.44. The summed E-state index contributed by atoms with van der Waals surface area (Å²) >= 11 is 0. The van der Waals surface area contributed by atoms with Gasteiger partial charge in [0.2, 0.25) is 0 Å². The summed E-state index contributed by atoms with van der Waals surface area (Å²) in [6, 6.07) is 6.62. The molecule has 0 radical (unpaired) electrons.